The second-order valence-electron chi connectivity index (χ2n) is 4.03. The Morgan fingerprint density at radius 3 is 1.00 bits per heavy atom. The average Bonchev–Trinajstić information content (AvgIpc) is 2.27. The summed E-state index contributed by atoms with van der Waals surface area (Å²) < 4.78 is 3.16. The molecule has 0 saturated heterocycles. The average molecular weight is 573 g/mol. The van der Waals surface area contributed by atoms with Crippen molar-refractivity contribution in [2.45, 2.75) is 0 Å². The molecule has 0 rings (SSSR count). The summed E-state index contributed by atoms with van der Waals surface area (Å²) in [4.78, 5) is 6.12. The van der Waals surface area contributed by atoms with Crippen molar-refractivity contribution in [3.63, 3.8) is 0 Å². The molecule has 0 aromatic heterocycles. The van der Waals surface area contributed by atoms with Crippen LogP contribution in [0, 0.1) is 0 Å². The Morgan fingerprint density at radius 2 is 0.842 bits per heavy atom. The zero-order chi connectivity index (χ0) is 15.2. The monoisotopic (exact) mass is 572 g/mol. The van der Waals surface area contributed by atoms with Gasteiger partial charge in [0.15, 0.2) is 0 Å². The number of rotatable bonds is 3. The molecule has 0 heterocycles. The van der Waals surface area contributed by atoms with E-state index in [9.17, 15) is 0 Å². The molecule has 0 aliphatic rings. The van der Waals surface area contributed by atoms with Crippen molar-refractivity contribution in [2.75, 3.05) is 42.3 Å². The maximum absolute atomic E-state index is 4.55. The molecule has 0 saturated carbocycles. The first-order chi connectivity index (χ1) is 8.65. The van der Waals surface area contributed by atoms with E-state index in [1.807, 2.05) is 82.5 Å². The minimum atomic E-state index is -1.99. The standard InChI is InChI=1S/3C3H7NS2.Bi/c3*1-4(2)3(5)6;/h3*1-2H3,(H,5,6);/q;;;+3. The topological polar surface area (TPSA) is 9.72 Å². The van der Waals surface area contributed by atoms with Crippen LogP contribution in [0.2, 0.25) is 0 Å². The Kier molecular flexibility index (Phi) is 11.9. The van der Waals surface area contributed by atoms with Crippen LogP contribution in [-0.2, 0) is 36.7 Å². The fourth-order valence-electron chi connectivity index (χ4n) is 0.501. The number of nitrogens with zero attached hydrogens (tertiary/aromatic N) is 3. The molecule has 0 aliphatic heterocycles. The van der Waals surface area contributed by atoms with Crippen molar-refractivity contribution in [1.82, 2.24) is 14.7 Å². The molecular weight excluding hydrogens is 552 g/mol. The van der Waals surface area contributed by atoms with Gasteiger partial charge in [-0.15, -0.1) is 0 Å². The van der Waals surface area contributed by atoms with Crippen molar-refractivity contribution in [1.29, 1.82) is 0 Å². The summed E-state index contributed by atoms with van der Waals surface area (Å²) in [6.45, 7) is 0. The molecule has 0 aliphatic carbocycles. The molecular formula is C9H21BiN3S6+3. The molecule has 0 fully saturated rings. The maximum atomic E-state index is 4.55. The number of hydrogen-bond acceptors (Lipinski definition) is 3. The third kappa shape index (κ3) is 9.65. The summed E-state index contributed by atoms with van der Waals surface area (Å²) in [6.07, 6.45) is 0. The predicted octanol–water partition coefficient (Wildman–Crippen LogP) is -0.0445. The fraction of sp³-hybridized carbons (Fsp3) is 0.667. The van der Waals surface area contributed by atoms with E-state index in [2.05, 4.69) is 36.7 Å². The van der Waals surface area contributed by atoms with Crippen LogP contribution in [0.1, 0.15) is 0 Å². The van der Waals surface area contributed by atoms with E-state index < -0.39 is 17.4 Å². The van der Waals surface area contributed by atoms with Gasteiger partial charge in [0.2, 0.25) is 0 Å². The second kappa shape index (κ2) is 10.8. The van der Waals surface area contributed by atoms with Crippen LogP contribution in [0.5, 0.6) is 0 Å². The van der Waals surface area contributed by atoms with Gasteiger partial charge in [-0.3, -0.25) is 0 Å². The van der Waals surface area contributed by atoms with E-state index in [0.29, 0.717) is 0 Å². The van der Waals surface area contributed by atoms with Crippen LogP contribution in [-0.4, -0.2) is 87.3 Å². The van der Waals surface area contributed by atoms with Gasteiger partial charge in [-0.05, 0) is 0 Å². The summed E-state index contributed by atoms with van der Waals surface area (Å²) in [5.41, 5.74) is 0. The summed E-state index contributed by atoms with van der Waals surface area (Å²) in [6, 6.07) is 0. The first kappa shape index (κ1) is 21.1. The van der Waals surface area contributed by atoms with Crippen LogP contribution >= 0.6 is 25.6 Å². The van der Waals surface area contributed by atoms with Crippen molar-refractivity contribution >= 4 is 92.5 Å². The van der Waals surface area contributed by atoms with Gasteiger partial charge >= 0.3 is 150 Å². The van der Waals surface area contributed by atoms with Gasteiger partial charge in [0.1, 0.15) is 0 Å². The first-order valence-electron chi connectivity index (χ1n) is 5.19. The first-order valence-corrected chi connectivity index (χ1v) is 21.6. The molecule has 0 bridgehead atoms. The molecule has 0 unspecified atom stereocenters. The van der Waals surface area contributed by atoms with Crippen LogP contribution in [0.25, 0.3) is 0 Å². The molecule has 10 heteroatoms. The molecule has 0 atom stereocenters. The SMILES string of the molecule is CN(C)C(=[SH+])[S][Bi]([S]C(=[SH+])N(C)C)[S]C(=[SH+])N(C)C. The van der Waals surface area contributed by atoms with Crippen molar-refractivity contribution in [3.8, 4) is 0 Å². The van der Waals surface area contributed by atoms with Gasteiger partial charge in [0.05, 0.1) is 0 Å². The van der Waals surface area contributed by atoms with Crippen LogP contribution in [0.3, 0.4) is 0 Å². The van der Waals surface area contributed by atoms with Gasteiger partial charge in [0.25, 0.3) is 0 Å². The Bertz CT molecular complexity index is 295. The van der Waals surface area contributed by atoms with Crippen LogP contribution in [0.4, 0.5) is 0 Å². The van der Waals surface area contributed by atoms with Crippen LogP contribution in [0.15, 0.2) is 0 Å². The second-order valence-corrected chi connectivity index (χ2v) is 31.7. The van der Waals surface area contributed by atoms with Crippen molar-refractivity contribution in [3.05, 3.63) is 0 Å². The fourth-order valence-corrected chi connectivity index (χ4v) is 42.5. The van der Waals surface area contributed by atoms with Gasteiger partial charge in [-0.2, -0.15) is 0 Å². The summed E-state index contributed by atoms with van der Waals surface area (Å²) in [5.74, 6) is 0. The molecule has 0 aromatic carbocycles. The van der Waals surface area contributed by atoms with Crippen LogP contribution < -0.4 is 0 Å². The van der Waals surface area contributed by atoms with Gasteiger partial charge < -0.3 is 0 Å². The number of hydrogen-bond donors (Lipinski definition) is 0. The Hall–Kier alpha value is 2.08. The molecule has 3 nitrogen and oxygen atoms in total. The molecule has 19 heavy (non-hydrogen) atoms. The molecule has 0 amide bonds. The normalized spacial score (nSPS) is 11.7. The predicted molar refractivity (Wildman–Crippen MR) is 111 cm³/mol. The van der Waals surface area contributed by atoms with E-state index >= 15 is 0 Å². The zero-order valence-electron chi connectivity index (χ0n) is 11.9. The Balaban J connectivity index is 4.68. The van der Waals surface area contributed by atoms with E-state index in [1.54, 1.807) is 0 Å². The quantitative estimate of drug-likeness (QED) is 0.202. The van der Waals surface area contributed by atoms with Crippen molar-refractivity contribution in [2.24, 2.45) is 0 Å². The Labute approximate surface area is 148 Å². The van der Waals surface area contributed by atoms with E-state index in [-0.39, 0.29) is 0 Å². The minimum absolute atomic E-state index is 1.05. The number of thiol groups is 3. The Morgan fingerprint density at radius 1 is 0.632 bits per heavy atom. The third-order valence-electron chi connectivity index (χ3n) is 1.62. The summed E-state index contributed by atoms with van der Waals surface area (Å²) in [5, 5.41) is 0. The zero-order valence-corrected chi connectivity index (χ0v) is 20.5. The van der Waals surface area contributed by atoms with E-state index in [0.717, 1.165) is 13.0 Å². The molecule has 0 spiro atoms. The van der Waals surface area contributed by atoms with Gasteiger partial charge in [-0.1, -0.05) is 0 Å². The van der Waals surface area contributed by atoms with E-state index in [1.165, 1.54) is 0 Å². The third-order valence-corrected chi connectivity index (χ3v) is 34.0. The van der Waals surface area contributed by atoms with Gasteiger partial charge in [-0.25, -0.2) is 0 Å². The van der Waals surface area contributed by atoms with E-state index in [4.69, 9.17) is 0 Å². The molecule has 0 N–H and O–H groups in total. The summed E-state index contributed by atoms with van der Waals surface area (Å²) in [7, 11) is 17.8. The molecule has 110 valence electrons. The van der Waals surface area contributed by atoms with Crippen molar-refractivity contribution < 1.29 is 0 Å². The summed E-state index contributed by atoms with van der Waals surface area (Å²) >= 11 is 11.6. The molecule has 0 aromatic rings. The molecule has 0 radical (unpaired) electrons. The van der Waals surface area contributed by atoms with Gasteiger partial charge in [0, 0.05) is 0 Å².